The van der Waals surface area contributed by atoms with Crippen LogP contribution in [-0.2, 0) is 6.54 Å². The molecular formula is C9H9N3OS. The Morgan fingerprint density at radius 3 is 3.07 bits per heavy atom. The second-order valence-electron chi connectivity index (χ2n) is 2.93. The van der Waals surface area contributed by atoms with Gasteiger partial charge >= 0.3 is 0 Å². The van der Waals surface area contributed by atoms with Crippen molar-refractivity contribution in [3.63, 3.8) is 0 Å². The topological polar surface area (TPSA) is 47.8 Å². The van der Waals surface area contributed by atoms with Gasteiger partial charge in [0.15, 0.2) is 0 Å². The number of aromatic nitrogens is 3. The second kappa shape index (κ2) is 3.71. The molecule has 2 aromatic rings. The van der Waals surface area contributed by atoms with Gasteiger partial charge in [-0.05, 0) is 6.92 Å². The second-order valence-corrected chi connectivity index (χ2v) is 3.64. The molecule has 2 aromatic heterocycles. The molecule has 0 bridgehead atoms. The van der Waals surface area contributed by atoms with Crippen molar-refractivity contribution in [3.05, 3.63) is 45.0 Å². The molecule has 14 heavy (non-hydrogen) atoms. The fourth-order valence-corrected chi connectivity index (χ4v) is 1.72. The van der Waals surface area contributed by atoms with Crippen molar-refractivity contribution in [3.8, 4) is 0 Å². The molecule has 0 atom stereocenters. The largest absolute Gasteiger partial charge is 0.306 e. The van der Waals surface area contributed by atoms with E-state index >= 15 is 0 Å². The highest BCUT2D eigenvalue weighted by Crippen LogP contribution is 2.01. The number of hydrogen-bond donors (Lipinski definition) is 0. The van der Waals surface area contributed by atoms with Crippen molar-refractivity contribution in [2.24, 2.45) is 0 Å². The molecule has 0 aromatic carbocycles. The molecule has 2 heterocycles. The van der Waals surface area contributed by atoms with Gasteiger partial charge in [-0.15, -0.1) is 11.3 Å². The maximum Gasteiger partial charge on any atom is 0.272 e. The van der Waals surface area contributed by atoms with Crippen LogP contribution in [0.5, 0.6) is 0 Å². The van der Waals surface area contributed by atoms with Gasteiger partial charge in [-0.25, -0.2) is 4.98 Å². The third kappa shape index (κ3) is 1.72. The maximum absolute atomic E-state index is 11.6. The van der Waals surface area contributed by atoms with E-state index in [0.717, 1.165) is 5.69 Å². The van der Waals surface area contributed by atoms with Crippen molar-refractivity contribution >= 4 is 11.3 Å². The Bertz CT molecular complexity index is 475. The maximum atomic E-state index is 11.6. The molecule has 4 nitrogen and oxygen atoms in total. The van der Waals surface area contributed by atoms with Crippen LogP contribution in [0.3, 0.4) is 0 Å². The van der Waals surface area contributed by atoms with Crippen molar-refractivity contribution in [1.29, 1.82) is 0 Å². The Morgan fingerprint density at radius 2 is 2.36 bits per heavy atom. The highest BCUT2D eigenvalue weighted by molar-refractivity contribution is 7.07. The molecule has 0 saturated heterocycles. The van der Waals surface area contributed by atoms with Gasteiger partial charge in [0.05, 0.1) is 17.7 Å². The first-order valence-corrected chi connectivity index (χ1v) is 5.11. The molecule has 0 radical (unpaired) electrons. The van der Waals surface area contributed by atoms with E-state index in [9.17, 15) is 4.79 Å². The summed E-state index contributed by atoms with van der Waals surface area (Å²) in [6, 6.07) is 0. The van der Waals surface area contributed by atoms with Crippen LogP contribution in [0.1, 0.15) is 11.4 Å². The lowest BCUT2D eigenvalue weighted by molar-refractivity contribution is 0.724. The molecule has 72 valence electrons. The zero-order valence-corrected chi connectivity index (χ0v) is 8.49. The summed E-state index contributed by atoms with van der Waals surface area (Å²) < 4.78 is 1.61. The van der Waals surface area contributed by atoms with Gasteiger partial charge in [0.2, 0.25) is 0 Å². The van der Waals surface area contributed by atoms with Gasteiger partial charge in [0, 0.05) is 17.8 Å². The minimum absolute atomic E-state index is 0.0551. The summed E-state index contributed by atoms with van der Waals surface area (Å²) in [5.74, 6) is 0. The normalized spacial score (nSPS) is 10.4. The smallest absolute Gasteiger partial charge is 0.272 e. The van der Waals surface area contributed by atoms with Crippen molar-refractivity contribution < 1.29 is 0 Å². The summed E-state index contributed by atoms with van der Waals surface area (Å²) in [6.07, 6.45) is 3.30. The van der Waals surface area contributed by atoms with Crippen LogP contribution in [-0.4, -0.2) is 14.5 Å². The molecule has 0 spiro atoms. The van der Waals surface area contributed by atoms with Crippen LogP contribution in [0, 0.1) is 6.92 Å². The van der Waals surface area contributed by atoms with Crippen molar-refractivity contribution in [1.82, 2.24) is 14.5 Å². The monoisotopic (exact) mass is 207 g/mol. The molecule has 0 fully saturated rings. The average molecular weight is 207 g/mol. The quantitative estimate of drug-likeness (QED) is 0.739. The van der Waals surface area contributed by atoms with E-state index in [-0.39, 0.29) is 5.56 Å². The number of nitrogens with zero attached hydrogens (tertiary/aromatic N) is 3. The van der Waals surface area contributed by atoms with Crippen LogP contribution in [0.4, 0.5) is 0 Å². The molecule has 0 N–H and O–H groups in total. The molecule has 0 aliphatic heterocycles. The molecule has 0 saturated carbocycles. The van der Waals surface area contributed by atoms with Crippen LogP contribution >= 0.6 is 11.3 Å². The number of aryl methyl sites for hydroxylation is 1. The lowest BCUT2D eigenvalue weighted by Crippen LogP contribution is -2.23. The van der Waals surface area contributed by atoms with E-state index in [1.807, 2.05) is 5.38 Å². The van der Waals surface area contributed by atoms with E-state index < -0.39 is 0 Å². The van der Waals surface area contributed by atoms with E-state index in [1.165, 1.54) is 11.3 Å². The third-order valence-electron chi connectivity index (χ3n) is 1.90. The predicted octanol–water partition coefficient (Wildman–Crippen LogP) is 1.06. The Labute approximate surface area is 84.9 Å². The lowest BCUT2D eigenvalue weighted by Gasteiger charge is -2.02. The van der Waals surface area contributed by atoms with Gasteiger partial charge in [-0.1, -0.05) is 0 Å². The van der Waals surface area contributed by atoms with Crippen LogP contribution < -0.4 is 5.56 Å². The molecule has 0 unspecified atom stereocenters. The Hall–Kier alpha value is -1.49. The zero-order chi connectivity index (χ0) is 9.97. The van der Waals surface area contributed by atoms with Crippen LogP contribution in [0.2, 0.25) is 0 Å². The molecular weight excluding hydrogens is 198 g/mol. The van der Waals surface area contributed by atoms with Crippen molar-refractivity contribution in [2.45, 2.75) is 13.5 Å². The molecule has 0 aliphatic rings. The van der Waals surface area contributed by atoms with Gasteiger partial charge in [0.25, 0.3) is 5.56 Å². The number of thiazole rings is 1. The SMILES string of the molecule is Cc1nccn(Cc2cscn2)c1=O. The average Bonchev–Trinajstić information content (AvgIpc) is 2.66. The molecule has 2 rings (SSSR count). The van der Waals surface area contributed by atoms with E-state index in [1.54, 1.807) is 29.4 Å². The van der Waals surface area contributed by atoms with Crippen LogP contribution in [0.15, 0.2) is 28.1 Å². The zero-order valence-electron chi connectivity index (χ0n) is 7.67. The minimum Gasteiger partial charge on any atom is -0.306 e. The summed E-state index contributed by atoms with van der Waals surface area (Å²) in [4.78, 5) is 19.6. The van der Waals surface area contributed by atoms with Gasteiger partial charge < -0.3 is 4.57 Å². The highest BCUT2D eigenvalue weighted by Gasteiger charge is 2.01. The summed E-state index contributed by atoms with van der Waals surface area (Å²) in [5, 5.41) is 1.93. The van der Waals surface area contributed by atoms with Crippen LogP contribution in [0.25, 0.3) is 0 Å². The molecule has 0 aliphatic carbocycles. The van der Waals surface area contributed by atoms with E-state index in [0.29, 0.717) is 12.2 Å². The number of hydrogen-bond acceptors (Lipinski definition) is 4. The molecule has 5 heteroatoms. The summed E-state index contributed by atoms with van der Waals surface area (Å²) in [6.45, 7) is 2.23. The highest BCUT2D eigenvalue weighted by atomic mass is 32.1. The first kappa shape index (κ1) is 9.08. The van der Waals surface area contributed by atoms with Gasteiger partial charge in [-0.3, -0.25) is 9.78 Å². The lowest BCUT2D eigenvalue weighted by atomic mass is 10.4. The van der Waals surface area contributed by atoms with E-state index in [4.69, 9.17) is 0 Å². The Morgan fingerprint density at radius 1 is 1.50 bits per heavy atom. The summed E-state index contributed by atoms with van der Waals surface area (Å²) in [5.41, 5.74) is 3.12. The summed E-state index contributed by atoms with van der Waals surface area (Å²) in [7, 11) is 0. The standard InChI is InChI=1S/C9H9N3OS/c1-7-9(13)12(3-2-10-7)4-8-5-14-6-11-8/h2-3,5-6H,4H2,1H3. The predicted molar refractivity (Wildman–Crippen MR) is 54.5 cm³/mol. The summed E-state index contributed by atoms with van der Waals surface area (Å²) >= 11 is 1.53. The van der Waals surface area contributed by atoms with E-state index in [2.05, 4.69) is 9.97 Å². The van der Waals surface area contributed by atoms with Gasteiger partial charge in [0.1, 0.15) is 5.69 Å². The Balaban J connectivity index is 2.34. The minimum atomic E-state index is -0.0551. The third-order valence-corrected chi connectivity index (χ3v) is 2.54. The first-order valence-electron chi connectivity index (χ1n) is 4.16. The van der Waals surface area contributed by atoms with Crippen molar-refractivity contribution in [2.75, 3.05) is 0 Å². The molecule has 0 amide bonds. The van der Waals surface area contributed by atoms with Gasteiger partial charge in [-0.2, -0.15) is 0 Å². The number of rotatable bonds is 2. The first-order chi connectivity index (χ1) is 6.77. The fourth-order valence-electron chi connectivity index (χ4n) is 1.17. The Kier molecular flexibility index (Phi) is 2.41. The fraction of sp³-hybridized carbons (Fsp3) is 0.222.